The second-order valence-corrected chi connectivity index (χ2v) is 20.8. The number of hydrogen-bond donors (Lipinski definition) is 0. The molecular weight excluding hydrogens is 735 g/mol. The first kappa shape index (κ1) is 37.1. The fraction of sp³-hybridized carbons (Fsp3) is 0.300. The van der Waals surface area contributed by atoms with Crippen LogP contribution in [0.25, 0.3) is 44.5 Å². The van der Waals surface area contributed by atoms with Crippen LogP contribution in [-0.4, -0.2) is 0 Å². The number of anilines is 3. The van der Waals surface area contributed by atoms with E-state index in [1.165, 1.54) is 118 Å². The predicted octanol–water partition coefficient (Wildman–Crippen LogP) is 16.2. The number of rotatable bonds is 6. The van der Waals surface area contributed by atoms with Crippen molar-refractivity contribution in [3.63, 3.8) is 0 Å². The molecule has 4 bridgehead atoms. The van der Waals surface area contributed by atoms with Crippen LogP contribution in [0.4, 0.5) is 17.1 Å². The molecule has 1 spiro atoms. The molecule has 1 nitrogen and oxygen atoms in total. The number of fused-ring (bicyclic) bond motifs is 4. The van der Waals surface area contributed by atoms with Crippen molar-refractivity contribution >= 4 is 17.1 Å². The van der Waals surface area contributed by atoms with Crippen LogP contribution in [-0.2, 0) is 16.2 Å². The van der Waals surface area contributed by atoms with E-state index in [-0.39, 0.29) is 16.2 Å². The lowest BCUT2D eigenvalue weighted by atomic mass is 9.43. The van der Waals surface area contributed by atoms with Crippen molar-refractivity contribution in [2.75, 3.05) is 4.90 Å². The third kappa shape index (κ3) is 5.72. The summed E-state index contributed by atoms with van der Waals surface area (Å²) < 4.78 is 0. The zero-order chi connectivity index (χ0) is 41.1. The first-order chi connectivity index (χ1) is 29.7. The summed E-state index contributed by atoms with van der Waals surface area (Å²) in [6, 6.07) is 62.5. The van der Waals surface area contributed by atoms with Crippen LogP contribution in [0, 0.1) is 23.7 Å². The van der Waals surface area contributed by atoms with Crippen LogP contribution in [0.3, 0.4) is 0 Å². The summed E-state index contributed by atoms with van der Waals surface area (Å²) >= 11 is 0. The van der Waals surface area contributed by atoms with E-state index in [1.807, 2.05) is 0 Å². The lowest BCUT2D eigenvalue weighted by Gasteiger charge is -2.61. The van der Waals surface area contributed by atoms with Gasteiger partial charge in [-0.3, -0.25) is 0 Å². The average Bonchev–Trinajstić information content (AvgIpc) is 3.58. The molecule has 4 fully saturated rings. The van der Waals surface area contributed by atoms with Crippen molar-refractivity contribution in [3.8, 4) is 44.5 Å². The lowest BCUT2D eigenvalue weighted by molar-refractivity contribution is -0.0399. The van der Waals surface area contributed by atoms with E-state index in [1.54, 1.807) is 11.1 Å². The van der Waals surface area contributed by atoms with Gasteiger partial charge >= 0.3 is 0 Å². The topological polar surface area (TPSA) is 3.24 Å². The van der Waals surface area contributed by atoms with Crippen LogP contribution in [0.2, 0.25) is 0 Å². The minimum Gasteiger partial charge on any atom is -0.310 e. The molecule has 0 amide bonds. The second-order valence-electron chi connectivity index (χ2n) is 20.8. The molecule has 4 saturated carbocycles. The van der Waals surface area contributed by atoms with Crippen molar-refractivity contribution < 1.29 is 0 Å². The SMILES string of the molecule is CC1(C)CCC(C)(C)c2c(N(c3ccc(-c4ccc(-c5ccccc5)cc4)cc3)c3ccc(-c4ccc5c(c4)C4(c6ccccc6-5)C5CC6CC(C5)CC4C6)cc3)cccc21. The Kier molecular flexibility index (Phi) is 8.32. The highest BCUT2D eigenvalue weighted by Crippen LogP contribution is 2.69. The molecule has 0 atom stereocenters. The van der Waals surface area contributed by atoms with Gasteiger partial charge in [-0.05, 0) is 183 Å². The van der Waals surface area contributed by atoms with E-state index in [9.17, 15) is 0 Å². The third-order valence-electron chi connectivity index (χ3n) is 16.5. The smallest absolute Gasteiger partial charge is 0.0502 e. The van der Waals surface area contributed by atoms with E-state index in [0.717, 1.165) is 23.7 Å². The first-order valence-electron chi connectivity index (χ1n) is 23.2. The van der Waals surface area contributed by atoms with Gasteiger partial charge in [-0.25, -0.2) is 0 Å². The number of nitrogens with zero attached hydrogens (tertiary/aromatic N) is 1. The molecular formula is C60H57N. The van der Waals surface area contributed by atoms with Gasteiger partial charge in [0.1, 0.15) is 0 Å². The minimum atomic E-state index is 0.0515. The van der Waals surface area contributed by atoms with E-state index in [4.69, 9.17) is 0 Å². The number of benzene rings is 7. The molecule has 0 heterocycles. The van der Waals surface area contributed by atoms with Gasteiger partial charge < -0.3 is 4.90 Å². The Bertz CT molecular complexity index is 2760. The summed E-state index contributed by atoms with van der Waals surface area (Å²) in [6.45, 7) is 9.78. The Balaban J connectivity index is 0.939. The van der Waals surface area contributed by atoms with Gasteiger partial charge in [0, 0.05) is 16.8 Å². The Morgan fingerprint density at radius 3 is 1.49 bits per heavy atom. The van der Waals surface area contributed by atoms with Crippen molar-refractivity contribution in [3.05, 3.63) is 186 Å². The molecule has 0 aromatic heterocycles. The Morgan fingerprint density at radius 1 is 0.393 bits per heavy atom. The van der Waals surface area contributed by atoms with E-state index >= 15 is 0 Å². The number of hydrogen-bond acceptors (Lipinski definition) is 1. The zero-order valence-electron chi connectivity index (χ0n) is 36.3. The van der Waals surface area contributed by atoms with Crippen LogP contribution in [0.15, 0.2) is 164 Å². The van der Waals surface area contributed by atoms with Gasteiger partial charge in [-0.2, -0.15) is 0 Å². The average molecular weight is 792 g/mol. The van der Waals surface area contributed by atoms with E-state index in [2.05, 4.69) is 196 Å². The summed E-state index contributed by atoms with van der Waals surface area (Å²) in [4.78, 5) is 2.54. The molecule has 302 valence electrons. The van der Waals surface area contributed by atoms with Crippen molar-refractivity contribution in [1.82, 2.24) is 0 Å². The molecule has 13 rings (SSSR count). The predicted molar refractivity (Wildman–Crippen MR) is 256 cm³/mol. The largest absolute Gasteiger partial charge is 0.310 e. The van der Waals surface area contributed by atoms with Crippen LogP contribution >= 0.6 is 0 Å². The lowest BCUT2D eigenvalue weighted by Crippen LogP contribution is -2.55. The summed E-state index contributed by atoms with van der Waals surface area (Å²) in [5, 5.41) is 0. The maximum absolute atomic E-state index is 2.63. The van der Waals surface area contributed by atoms with Crippen LogP contribution < -0.4 is 4.90 Å². The molecule has 0 N–H and O–H groups in total. The fourth-order valence-corrected chi connectivity index (χ4v) is 13.7. The first-order valence-corrected chi connectivity index (χ1v) is 23.2. The molecule has 6 aliphatic rings. The Labute approximate surface area is 363 Å². The third-order valence-corrected chi connectivity index (χ3v) is 16.5. The molecule has 0 aliphatic heterocycles. The second kappa shape index (κ2) is 13.7. The Hall–Kier alpha value is -5.66. The normalized spacial score (nSPS) is 24.6. The van der Waals surface area contributed by atoms with Crippen molar-refractivity contribution in [2.24, 2.45) is 23.7 Å². The molecule has 0 saturated heterocycles. The van der Waals surface area contributed by atoms with Gasteiger partial charge in [-0.15, -0.1) is 0 Å². The highest BCUT2D eigenvalue weighted by atomic mass is 15.1. The van der Waals surface area contributed by atoms with E-state index < -0.39 is 0 Å². The van der Waals surface area contributed by atoms with Gasteiger partial charge in [0.15, 0.2) is 0 Å². The molecule has 6 aliphatic carbocycles. The molecule has 7 aromatic carbocycles. The van der Waals surface area contributed by atoms with Gasteiger partial charge in [0.2, 0.25) is 0 Å². The monoisotopic (exact) mass is 791 g/mol. The highest BCUT2D eigenvalue weighted by Gasteiger charge is 2.61. The molecule has 1 heteroatoms. The van der Waals surface area contributed by atoms with Crippen molar-refractivity contribution in [2.45, 2.75) is 88.9 Å². The van der Waals surface area contributed by atoms with E-state index in [0.29, 0.717) is 0 Å². The van der Waals surface area contributed by atoms with Gasteiger partial charge in [0.05, 0.1) is 5.69 Å². The van der Waals surface area contributed by atoms with Gasteiger partial charge in [0.25, 0.3) is 0 Å². The quantitative estimate of drug-likeness (QED) is 0.162. The fourth-order valence-electron chi connectivity index (χ4n) is 13.7. The highest BCUT2D eigenvalue weighted by molar-refractivity contribution is 5.86. The maximum atomic E-state index is 2.63. The minimum absolute atomic E-state index is 0.0515. The summed E-state index contributed by atoms with van der Waals surface area (Å²) in [7, 11) is 0. The molecule has 7 aromatic rings. The summed E-state index contributed by atoms with van der Waals surface area (Å²) in [5.41, 5.74) is 20.8. The summed E-state index contributed by atoms with van der Waals surface area (Å²) in [6.07, 6.45) is 9.49. The zero-order valence-corrected chi connectivity index (χ0v) is 36.3. The van der Waals surface area contributed by atoms with Gasteiger partial charge in [-0.1, -0.05) is 155 Å². The molecule has 0 radical (unpaired) electrons. The van der Waals surface area contributed by atoms with Crippen LogP contribution in [0.5, 0.6) is 0 Å². The van der Waals surface area contributed by atoms with Crippen LogP contribution in [0.1, 0.15) is 94.9 Å². The maximum Gasteiger partial charge on any atom is 0.0502 e. The Morgan fingerprint density at radius 2 is 0.869 bits per heavy atom. The van der Waals surface area contributed by atoms with Crippen molar-refractivity contribution in [1.29, 1.82) is 0 Å². The molecule has 0 unspecified atom stereocenters. The standard InChI is InChI=1S/C60H57N/c1-58(2)31-32-59(3,4)57-54(58)15-10-16-56(57)61(49-26-21-44(22-27-49)43-19-17-42(18-20-43)41-11-6-5-7-12-41)50-28-23-45(24-29-50)46-25-30-52-51-13-8-9-14-53(51)60(55(52)38-46)47-34-39-33-40(36-47)37-48(60)35-39/h5-30,38-40,47-48H,31-37H2,1-4H3. The summed E-state index contributed by atoms with van der Waals surface area (Å²) in [5.74, 6) is 3.42. The molecule has 61 heavy (non-hydrogen) atoms.